The van der Waals surface area contributed by atoms with Crippen LogP contribution < -0.4 is 10.6 Å². The number of hydrogen-bond donors (Lipinski definition) is 2. The maximum atomic E-state index is 11.9. The number of amides is 2. The first-order valence-electron chi connectivity index (χ1n) is 14.6. The van der Waals surface area contributed by atoms with Gasteiger partial charge in [-0.3, -0.25) is 14.4 Å². The fourth-order valence-electron chi connectivity index (χ4n) is 5.03. The number of rotatable bonds is 12. The molecular formula is C34H48N2O3. The lowest BCUT2D eigenvalue weighted by atomic mass is 9.93. The summed E-state index contributed by atoms with van der Waals surface area (Å²) in [6.45, 7) is 12.6. The van der Waals surface area contributed by atoms with E-state index in [2.05, 4.69) is 73.9 Å². The summed E-state index contributed by atoms with van der Waals surface area (Å²) < 4.78 is 0. The van der Waals surface area contributed by atoms with Crippen molar-refractivity contribution in [1.29, 1.82) is 0 Å². The smallest absolute Gasteiger partial charge is 0.309 e. The van der Waals surface area contributed by atoms with Gasteiger partial charge in [0, 0.05) is 18.7 Å². The lowest BCUT2D eigenvalue weighted by Crippen LogP contribution is -2.41. The highest BCUT2D eigenvalue weighted by atomic mass is 16.2. The lowest BCUT2D eigenvalue weighted by molar-refractivity contribution is -0.139. The van der Waals surface area contributed by atoms with Crippen LogP contribution in [0.4, 0.5) is 0 Å². The number of nitrogens with one attached hydrogen (secondary N) is 2. The van der Waals surface area contributed by atoms with Gasteiger partial charge in [0.05, 0.1) is 0 Å². The molecule has 212 valence electrons. The molecule has 0 radical (unpaired) electrons. The van der Waals surface area contributed by atoms with Crippen molar-refractivity contribution in [3.8, 4) is 0 Å². The second kappa shape index (κ2) is 16.0. The normalized spacial score (nSPS) is 15.1. The van der Waals surface area contributed by atoms with Gasteiger partial charge in [-0.25, -0.2) is 0 Å². The van der Waals surface area contributed by atoms with E-state index in [-0.39, 0.29) is 12.3 Å². The summed E-state index contributed by atoms with van der Waals surface area (Å²) in [5.41, 5.74) is 3.33. The zero-order valence-corrected chi connectivity index (χ0v) is 24.9. The van der Waals surface area contributed by atoms with Gasteiger partial charge in [-0.1, -0.05) is 102 Å². The Labute approximate surface area is 235 Å². The summed E-state index contributed by atoms with van der Waals surface area (Å²) in [6, 6.07) is 15.4. The van der Waals surface area contributed by atoms with Crippen LogP contribution in [0.3, 0.4) is 0 Å². The first-order valence-corrected chi connectivity index (χ1v) is 14.6. The second-order valence-corrected chi connectivity index (χ2v) is 10.8. The Morgan fingerprint density at radius 3 is 2.21 bits per heavy atom. The van der Waals surface area contributed by atoms with Crippen LogP contribution in [0.5, 0.6) is 0 Å². The van der Waals surface area contributed by atoms with Gasteiger partial charge in [0.1, 0.15) is 0 Å². The number of ketones is 1. The molecule has 0 aliphatic heterocycles. The van der Waals surface area contributed by atoms with Gasteiger partial charge >= 0.3 is 11.8 Å². The molecule has 0 saturated heterocycles. The van der Waals surface area contributed by atoms with E-state index in [9.17, 15) is 14.4 Å². The van der Waals surface area contributed by atoms with Gasteiger partial charge in [0.25, 0.3) is 0 Å². The molecule has 1 aliphatic rings. The average Bonchev–Trinajstić information content (AvgIpc) is 3.69. The van der Waals surface area contributed by atoms with Crippen LogP contribution in [0.1, 0.15) is 92.1 Å². The molecule has 2 amide bonds. The molecule has 2 N–H and O–H groups in total. The lowest BCUT2D eigenvalue weighted by Gasteiger charge is -2.14. The van der Waals surface area contributed by atoms with Gasteiger partial charge in [-0.05, 0) is 72.8 Å². The first kappa shape index (κ1) is 32.0. The molecule has 39 heavy (non-hydrogen) atoms. The van der Waals surface area contributed by atoms with Crippen molar-refractivity contribution < 1.29 is 14.4 Å². The summed E-state index contributed by atoms with van der Waals surface area (Å²) in [7, 11) is 0. The molecule has 0 aromatic heterocycles. The van der Waals surface area contributed by atoms with Crippen LogP contribution in [0, 0.1) is 5.92 Å². The van der Waals surface area contributed by atoms with E-state index in [1.54, 1.807) is 13.0 Å². The Kier molecular flexibility index (Phi) is 13.1. The molecule has 2 aromatic carbocycles. The number of Topliss-reactive ketones (excluding diaryl/α,β-unsaturated/α-hetero) is 1. The highest BCUT2D eigenvalue weighted by Crippen LogP contribution is 2.49. The van der Waals surface area contributed by atoms with Crippen molar-refractivity contribution >= 4 is 28.4 Å². The number of fused-ring (bicyclic) bond motifs is 1. The average molecular weight is 533 g/mol. The Morgan fingerprint density at radius 1 is 0.949 bits per heavy atom. The zero-order valence-electron chi connectivity index (χ0n) is 24.9. The molecule has 0 bridgehead atoms. The number of allylic oxidation sites excluding steroid dienone is 2. The topological polar surface area (TPSA) is 75.3 Å². The molecule has 1 unspecified atom stereocenters. The maximum absolute atomic E-state index is 11.9. The van der Waals surface area contributed by atoms with Crippen molar-refractivity contribution in [2.75, 3.05) is 13.1 Å². The van der Waals surface area contributed by atoms with Crippen molar-refractivity contribution in [2.45, 2.75) is 91.9 Å². The third-order valence-electron chi connectivity index (χ3n) is 7.66. The van der Waals surface area contributed by atoms with Crippen LogP contribution in [0.15, 0.2) is 65.8 Å². The highest BCUT2D eigenvalue weighted by Gasteiger charge is 2.39. The van der Waals surface area contributed by atoms with Gasteiger partial charge in [0.15, 0.2) is 5.78 Å². The predicted molar refractivity (Wildman–Crippen MR) is 163 cm³/mol. The van der Waals surface area contributed by atoms with Gasteiger partial charge in [-0.2, -0.15) is 0 Å². The van der Waals surface area contributed by atoms with Crippen LogP contribution in [-0.4, -0.2) is 30.7 Å². The van der Waals surface area contributed by atoms with Crippen molar-refractivity contribution in [1.82, 2.24) is 10.6 Å². The predicted octanol–water partition coefficient (Wildman–Crippen LogP) is 7.20. The number of carbonyl (C=O) groups excluding carboxylic acids is 3. The van der Waals surface area contributed by atoms with E-state index < -0.39 is 11.8 Å². The summed E-state index contributed by atoms with van der Waals surface area (Å²) in [5, 5.41) is 8.09. The first-order chi connectivity index (χ1) is 18.7. The zero-order chi connectivity index (χ0) is 28.8. The SMILES string of the molecule is C/C=C(C(C)=O)\C(=C/CC)CNC(=O)C(=O)NCCC(CC)CCC.CC1(c2cccc3ccccc23)CC1. The van der Waals surface area contributed by atoms with Crippen molar-refractivity contribution in [3.63, 3.8) is 0 Å². The summed E-state index contributed by atoms with van der Waals surface area (Å²) in [4.78, 5) is 35.5. The van der Waals surface area contributed by atoms with Gasteiger partial charge in [-0.15, -0.1) is 0 Å². The van der Waals surface area contributed by atoms with Crippen molar-refractivity contribution in [2.24, 2.45) is 5.92 Å². The number of hydrogen-bond acceptors (Lipinski definition) is 3. The monoisotopic (exact) mass is 532 g/mol. The van der Waals surface area contributed by atoms with E-state index in [0.717, 1.165) is 37.7 Å². The quantitative estimate of drug-likeness (QED) is 0.172. The Bertz CT molecular complexity index is 1170. The number of carbonyl (C=O) groups is 3. The summed E-state index contributed by atoms with van der Waals surface area (Å²) in [6.07, 6.45) is 11.3. The fraction of sp³-hybridized carbons (Fsp3) is 0.500. The molecule has 1 saturated carbocycles. The molecule has 0 spiro atoms. The van der Waals surface area contributed by atoms with Gasteiger partial charge < -0.3 is 10.6 Å². The summed E-state index contributed by atoms with van der Waals surface area (Å²) in [5.74, 6) is -0.751. The van der Waals surface area contributed by atoms with Crippen LogP contribution in [0.25, 0.3) is 10.8 Å². The Balaban J connectivity index is 0.000000314. The summed E-state index contributed by atoms with van der Waals surface area (Å²) >= 11 is 0. The Hall–Kier alpha value is -3.21. The van der Waals surface area contributed by atoms with E-state index in [1.165, 1.54) is 36.1 Å². The van der Waals surface area contributed by atoms with E-state index in [4.69, 9.17) is 0 Å². The molecule has 5 heteroatoms. The standard InChI is InChI=1S/C20H34N2O3.C14H14/c1-6-10-16(8-3)12-13-21-19(24)20(25)22-14-17(11-7-2)18(9-4)15(5)23;1-14(9-10-14)13-8-4-6-11-5-2-3-7-12(11)13/h9,11,16H,6-8,10,12-14H2,1-5H3,(H,21,24)(H,22,25);2-8H,9-10H2,1H3/b17-11-,18-9-;. The van der Waals surface area contributed by atoms with Crippen LogP contribution in [0.2, 0.25) is 0 Å². The van der Waals surface area contributed by atoms with Gasteiger partial charge in [0.2, 0.25) is 0 Å². The maximum Gasteiger partial charge on any atom is 0.309 e. The molecular weight excluding hydrogens is 484 g/mol. The second-order valence-electron chi connectivity index (χ2n) is 10.8. The number of benzene rings is 2. The fourth-order valence-corrected chi connectivity index (χ4v) is 5.03. The molecule has 1 fully saturated rings. The molecule has 2 aromatic rings. The molecule has 5 nitrogen and oxygen atoms in total. The van der Waals surface area contributed by atoms with E-state index in [0.29, 0.717) is 23.5 Å². The third kappa shape index (κ3) is 9.80. The Morgan fingerprint density at radius 2 is 1.62 bits per heavy atom. The van der Waals surface area contributed by atoms with Crippen molar-refractivity contribution in [3.05, 3.63) is 71.3 Å². The van der Waals surface area contributed by atoms with E-state index >= 15 is 0 Å². The minimum Gasteiger partial charge on any atom is -0.348 e. The van der Waals surface area contributed by atoms with E-state index in [1.807, 2.05) is 13.0 Å². The third-order valence-corrected chi connectivity index (χ3v) is 7.66. The van der Waals surface area contributed by atoms with Crippen LogP contribution in [-0.2, 0) is 19.8 Å². The molecule has 1 atom stereocenters. The van der Waals surface area contributed by atoms with Crippen LogP contribution >= 0.6 is 0 Å². The minimum atomic E-state index is -0.662. The highest BCUT2D eigenvalue weighted by molar-refractivity contribution is 6.35. The molecule has 0 heterocycles. The molecule has 1 aliphatic carbocycles. The largest absolute Gasteiger partial charge is 0.348 e. The minimum absolute atomic E-state index is 0.0533. The molecule has 3 rings (SSSR count).